The molecule has 0 aliphatic rings. The lowest BCUT2D eigenvalue weighted by molar-refractivity contribution is 0.603. The molecule has 3 aromatic rings. The first kappa shape index (κ1) is 14.2. The van der Waals surface area contributed by atoms with Crippen LogP contribution < -0.4 is 10.6 Å². The number of hydrogen-bond acceptors (Lipinski definition) is 6. The van der Waals surface area contributed by atoms with Crippen molar-refractivity contribution in [1.29, 1.82) is 0 Å². The minimum atomic E-state index is -1.22. The predicted octanol–water partition coefficient (Wildman–Crippen LogP) is 2.85. The number of fused-ring (bicyclic) bond motifs is 1. The lowest BCUT2D eigenvalue weighted by atomic mass is 10.2. The Morgan fingerprint density at radius 3 is 2.71 bits per heavy atom. The molecule has 106 valence electrons. The van der Waals surface area contributed by atoms with Gasteiger partial charge in [-0.25, -0.2) is 4.98 Å². The summed E-state index contributed by atoms with van der Waals surface area (Å²) in [7, 11) is -1.22. The average molecular weight is 340 g/mol. The fourth-order valence-corrected chi connectivity index (χ4v) is 2.75. The molecule has 2 heterocycles. The Kier molecular flexibility index (Phi) is 4.01. The summed E-state index contributed by atoms with van der Waals surface area (Å²) in [6.45, 7) is 0. The molecule has 1 atom stereocenters. The monoisotopic (exact) mass is 339 g/mol. The van der Waals surface area contributed by atoms with Crippen molar-refractivity contribution in [2.24, 2.45) is 0 Å². The molecule has 0 aliphatic carbocycles. The van der Waals surface area contributed by atoms with Gasteiger partial charge in [0.15, 0.2) is 5.82 Å². The smallest absolute Gasteiger partial charge is 0.224 e. The van der Waals surface area contributed by atoms with Gasteiger partial charge in [0.25, 0.3) is 0 Å². The number of halogens is 2. The fourth-order valence-electron chi connectivity index (χ4n) is 1.85. The van der Waals surface area contributed by atoms with Gasteiger partial charge in [-0.05, 0) is 23.7 Å². The minimum Gasteiger partial charge on any atom is -0.338 e. The van der Waals surface area contributed by atoms with Crippen molar-refractivity contribution in [1.82, 2.24) is 19.9 Å². The second kappa shape index (κ2) is 5.93. The molecular weight excluding hydrogens is 332 g/mol. The third-order valence-electron chi connectivity index (χ3n) is 2.77. The molecule has 0 saturated carbocycles. The van der Waals surface area contributed by atoms with E-state index in [0.717, 1.165) is 0 Å². The van der Waals surface area contributed by atoms with Crippen molar-refractivity contribution < 1.29 is 4.57 Å². The minimum absolute atomic E-state index is 0.0681. The first-order chi connectivity index (χ1) is 10.2. The van der Waals surface area contributed by atoms with Crippen LogP contribution in [0.4, 0.5) is 11.5 Å². The summed E-state index contributed by atoms with van der Waals surface area (Å²) in [5.41, 5.74) is 1.86. The van der Waals surface area contributed by atoms with Crippen LogP contribution in [0.3, 0.4) is 0 Å². The molecule has 1 N–H and O–H groups in total. The van der Waals surface area contributed by atoms with Crippen LogP contribution in [0.25, 0.3) is 11.0 Å². The molecule has 0 aliphatic heterocycles. The summed E-state index contributed by atoms with van der Waals surface area (Å²) in [5, 5.41) is 3.96. The third-order valence-corrected chi connectivity index (χ3v) is 4.04. The Morgan fingerprint density at radius 2 is 1.90 bits per heavy atom. The van der Waals surface area contributed by atoms with Crippen LogP contribution in [0.1, 0.15) is 0 Å². The highest BCUT2D eigenvalue weighted by Crippen LogP contribution is 2.25. The number of anilines is 2. The van der Waals surface area contributed by atoms with Crippen LogP contribution in [-0.2, 0) is 4.57 Å². The molecule has 0 fully saturated rings. The van der Waals surface area contributed by atoms with Gasteiger partial charge in [-0.1, -0.05) is 11.6 Å². The summed E-state index contributed by atoms with van der Waals surface area (Å²) in [4.78, 5) is 16.2. The van der Waals surface area contributed by atoms with Crippen LogP contribution in [0.5, 0.6) is 0 Å². The summed E-state index contributed by atoms with van der Waals surface area (Å²) in [5.74, 6) is 0.342. The van der Waals surface area contributed by atoms with E-state index in [1.807, 2.05) is 0 Å². The zero-order chi connectivity index (χ0) is 14.8. The van der Waals surface area contributed by atoms with Crippen LogP contribution >= 0.6 is 31.7 Å². The summed E-state index contributed by atoms with van der Waals surface area (Å²) < 4.78 is 11.6. The quantitative estimate of drug-likeness (QED) is 0.583. The Balaban J connectivity index is 2.12. The van der Waals surface area contributed by atoms with Crippen molar-refractivity contribution in [3.63, 3.8) is 0 Å². The predicted molar refractivity (Wildman–Crippen MR) is 84.9 cm³/mol. The van der Waals surface area contributed by atoms with Crippen molar-refractivity contribution in [2.45, 2.75) is 0 Å². The van der Waals surface area contributed by atoms with Crippen LogP contribution in [0, 0.1) is 0 Å². The lowest BCUT2D eigenvalue weighted by Crippen LogP contribution is -2.07. The van der Waals surface area contributed by atoms with E-state index in [-0.39, 0.29) is 5.28 Å². The van der Waals surface area contributed by atoms with Crippen molar-refractivity contribution in [3.05, 3.63) is 41.0 Å². The largest absolute Gasteiger partial charge is 0.338 e. The van der Waals surface area contributed by atoms with E-state index in [9.17, 15) is 4.57 Å². The zero-order valence-corrected chi connectivity index (χ0v) is 13.1. The SMILES string of the molecule is O=[PH2]c1c(Nc2nc(Cl)ncc2Cl)ccc2nccnc12. The third kappa shape index (κ3) is 2.83. The van der Waals surface area contributed by atoms with Gasteiger partial charge in [0.2, 0.25) is 5.28 Å². The maximum Gasteiger partial charge on any atom is 0.224 e. The summed E-state index contributed by atoms with van der Waals surface area (Å²) in [6, 6.07) is 3.53. The molecule has 0 amide bonds. The summed E-state index contributed by atoms with van der Waals surface area (Å²) >= 11 is 11.8. The molecule has 0 saturated heterocycles. The van der Waals surface area contributed by atoms with Crippen LogP contribution in [0.2, 0.25) is 10.3 Å². The van der Waals surface area contributed by atoms with E-state index in [4.69, 9.17) is 23.2 Å². The lowest BCUT2D eigenvalue weighted by Gasteiger charge is -2.11. The van der Waals surface area contributed by atoms with E-state index in [2.05, 4.69) is 25.3 Å². The Bertz CT molecular complexity index is 845. The molecule has 6 nitrogen and oxygen atoms in total. The van der Waals surface area contributed by atoms with E-state index in [0.29, 0.717) is 32.9 Å². The zero-order valence-electron chi connectivity index (χ0n) is 10.4. The molecular formula is C12H8Cl2N5OP. The number of rotatable bonds is 3. The molecule has 0 radical (unpaired) electrons. The molecule has 0 spiro atoms. The maximum absolute atomic E-state index is 11.6. The first-order valence-electron chi connectivity index (χ1n) is 5.83. The van der Waals surface area contributed by atoms with E-state index in [1.165, 1.54) is 6.20 Å². The van der Waals surface area contributed by atoms with Crippen molar-refractivity contribution in [2.75, 3.05) is 5.32 Å². The Labute approximate surface area is 130 Å². The average Bonchev–Trinajstić information content (AvgIpc) is 2.50. The van der Waals surface area contributed by atoms with Gasteiger partial charge < -0.3 is 9.88 Å². The van der Waals surface area contributed by atoms with Crippen molar-refractivity contribution in [3.8, 4) is 0 Å². The second-order valence-corrected chi connectivity index (χ2v) is 5.59. The number of hydrogen-bond donors (Lipinski definition) is 1. The number of benzene rings is 1. The van der Waals surface area contributed by atoms with Crippen molar-refractivity contribution >= 4 is 59.5 Å². The molecule has 21 heavy (non-hydrogen) atoms. The highest BCUT2D eigenvalue weighted by molar-refractivity contribution is 7.35. The van der Waals surface area contributed by atoms with E-state index in [1.54, 1.807) is 24.5 Å². The standard InChI is InChI=1S/C12H8Cl2N5OP/c13-6-5-17-12(14)19-11(6)18-8-2-1-7-9(10(8)21-20)16-4-3-15-7/h1-5H,21H2,(H,17,18,19). The number of nitrogens with one attached hydrogen (secondary N) is 1. The van der Waals surface area contributed by atoms with Gasteiger partial charge in [0.05, 0.1) is 31.2 Å². The maximum atomic E-state index is 11.6. The van der Waals surface area contributed by atoms with Gasteiger partial charge in [-0.2, -0.15) is 4.98 Å². The van der Waals surface area contributed by atoms with Gasteiger partial charge >= 0.3 is 0 Å². The van der Waals surface area contributed by atoms with Gasteiger partial charge in [-0.3, -0.25) is 9.97 Å². The molecule has 9 heteroatoms. The molecule has 0 bridgehead atoms. The van der Waals surface area contributed by atoms with E-state index < -0.39 is 8.46 Å². The van der Waals surface area contributed by atoms with Gasteiger partial charge in [0.1, 0.15) is 10.5 Å². The normalized spacial score (nSPS) is 11.3. The molecule has 3 rings (SSSR count). The Hall–Kier alpha value is -1.75. The second-order valence-electron chi connectivity index (χ2n) is 4.03. The summed E-state index contributed by atoms with van der Waals surface area (Å²) in [6.07, 6.45) is 4.53. The number of nitrogens with zero attached hydrogens (tertiary/aromatic N) is 4. The highest BCUT2D eigenvalue weighted by atomic mass is 35.5. The van der Waals surface area contributed by atoms with Crippen LogP contribution in [0.15, 0.2) is 30.7 Å². The first-order valence-corrected chi connectivity index (χ1v) is 7.63. The van der Waals surface area contributed by atoms with E-state index >= 15 is 0 Å². The molecule has 1 unspecified atom stereocenters. The number of aromatic nitrogens is 4. The van der Waals surface area contributed by atoms with Crippen LogP contribution in [-0.4, -0.2) is 19.9 Å². The Morgan fingerprint density at radius 1 is 1.10 bits per heavy atom. The van der Waals surface area contributed by atoms with Gasteiger partial charge in [0, 0.05) is 12.4 Å². The topological polar surface area (TPSA) is 80.7 Å². The van der Waals surface area contributed by atoms with Gasteiger partial charge in [-0.15, -0.1) is 0 Å². The fraction of sp³-hybridized carbons (Fsp3) is 0. The molecule has 1 aromatic carbocycles. The molecule has 2 aromatic heterocycles. The highest BCUT2D eigenvalue weighted by Gasteiger charge is 2.11.